The SMILES string of the molecule is CCc1nc2ccc(C(F)(F)F)cn2c1C(=O)Nc1ccc(Br)cc1C. The summed E-state index contributed by atoms with van der Waals surface area (Å²) < 4.78 is 41.2. The smallest absolute Gasteiger partial charge is 0.320 e. The van der Waals surface area contributed by atoms with Crippen molar-refractivity contribution in [2.45, 2.75) is 26.4 Å². The van der Waals surface area contributed by atoms with Crippen LogP contribution in [-0.2, 0) is 12.6 Å². The van der Waals surface area contributed by atoms with Crippen molar-refractivity contribution >= 4 is 33.2 Å². The average Bonchev–Trinajstić information content (AvgIpc) is 2.94. The summed E-state index contributed by atoms with van der Waals surface area (Å²) in [5.41, 5.74) is 1.43. The van der Waals surface area contributed by atoms with E-state index in [1.165, 1.54) is 10.5 Å². The number of imidazole rings is 1. The molecule has 0 saturated heterocycles. The van der Waals surface area contributed by atoms with Gasteiger partial charge in [-0.05, 0) is 49.2 Å². The third-order valence-electron chi connectivity index (χ3n) is 4.00. The van der Waals surface area contributed by atoms with E-state index < -0.39 is 17.6 Å². The molecule has 0 saturated carbocycles. The number of alkyl halides is 3. The Morgan fingerprint density at radius 2 is 2.00 bits per heavy atom. The van der Waals surface area contributed by atoms with Crippen molar-refractivity contribution < 1.29 is 18.0 Å². The molecule has 0 fully saturated rings. The predicted molar refractivity (Wildman–Crippen MR) is 96.4 cm³/mol. The summed E-state index contributed by atoms with van der Waals surface area (Å²) in [5.74, 6) is -0.501. The Hall–Kier alpha value is -2.35. The Bertz CT molecular complexity index is 995. The number of benzene rings is 1. The Kier molecular flexibility index (Phi) is 4.79. The highest BCUT2D eigenvalue weighted by atomic mass is 79.9. The molecule has 0 unspecified atom stereocenters. The number of aromatic nitrogens is 2. The number of pyridine rings is 1. The van der Waals surface area contributed by atoms with Gasteiger partial charge in [-0.3, -0.25) is 9.20 Å². The predicted octanol–water partition coefficient (Wildman–Crippen LogP) is 5.24. The summed E-state index contributed by atoms with van der Waals surface area (Å²) in [6.45, 7) is 3.63. The molecule has 3 aromatic rings. The van der Waals surface area contributed by atoms with Crippen LogP contribution in [0.5, 0.6) is 0 Å². The van der Waals surface area contributed by atoms with E-state index in [1.807, 2.05) is 13.0 Å². The minimum absolute atomic E-state index is 0.107. The minimum atomic E-state index is -4.50. The number of rotatable bonds is 3. The molecule has 0 spiro atoms. The number of hydrogen-bond donors (Lipinski definition) is 1. The second-order valence-corrected chi connectivity index (χ2v) is 6.73. The van der Waals surface area contributed by atoms with Crippen LogP contribution in [0.1, 0.15) is 34.2 Å². The number of amides is 1. The fraction of sp³-hybridized carbons (Fsp3) is 0.222. The number of halogens is 4. The number of aryl methyl sites for hydroxylation is 2. The van der Waals surface area contributed by atoms with Crippen molar-refractivity contribution in [2.24, 2.45) is 0 Å². The summed E-state index contributed by atoms with van der Waals surface area (Å²) in [6.07, 6.45) is -3.17. The summed E-state index contributed by atoms with van der Waals surface area (Å²) in [7, 11) is 0. The van der Waals surface area contributed by atoms with E-state index in [2.05, 4.69) is 26.2 Å². The van der Waals surface area contributed by atoms with Crippen molar-refractivity contribution in [2.75, 3.05) is 5.32 Å². The number of nitrogens with one attached hydrogen (secondary N) is 1. The van der Waals surface area contributed by atoms with Gasteiger partial charge < -0.3 is 5.32 Å². The third-order valence-corrected chi connectivity index (χ3v) is 4.50. The highest BCUT2D eigenvalue weighted by Gasteiger charge is 2.31. The van der Waals surface area contributed by atoms with Gasteiger partial charge in [0.25, 0.3) is 5.91 Å². The monoisotopic (exact) mass is 425 g/mol. The lowest BCUT2D eigenvalue weighted by Gasteiger charge is -2.11. The molecule has 2 heterocycles. The average molecular weight is 426 g/mol. The van der Waals surface area contributed by atoms with E-state index in [4.69, 9.17) is 0 Å². The zero-order valence-electron chi connectivity index (χ0n) is 14.0. The van der Waals surface area contributed by atoms with Crippen LogP contribution >= 0.6 is 15.9 Å². The van der Waals surface area contributed by atoms with E-state index in [1.54, 1.807) is 19.1 Å². The van der Waals surface area contributed by atoms with E-state index in [-0.39, 0.29) is 5.69 Å². The van der Waals surface area contributed by atoms with Crippen LogP contribution in [-0.4, -0.2) is 15.3 Å². The normalized spacial score (nSPS) is 11.8. The van der Waals surface area contributed by atoms with Crippen molar-refractivity contribution in [1.29, 1.82) is 0 Å². The highest BCUT2D eigenvalue weighted by molar-refractivity contribution is 9.10. The molecule has 3 rings (SSSR count). The number of anilines is 1. The first kappa shape index (κ1) is 18.4. The number of hydrogen-bond acceptors (Lipinski definition) is 2. The molecule has 0 bridgehead atoms. The van der Waals surface area contributed by atoms with Gasteiger partial charge in [0.15, 0.2) is 0 Å². The molecule has 26 heavy (non-hydrogen) atoms. The molecule has 1 aromatic carbocycles. The minimum Gasteiger partial charge on any atom is -0.320 e. The van der Waals surface area contributed by atoms with Gasteiger partial charge in [-0.2, -0.15) is 13.2 Å². The summed E-state index contributed by atoms with van der Waals surface area (Å²) >= 11 is 3.35. The van der Waals surface area contributed by atoms with E-state index in [0.29, 0.717) is 23.4 Å². The van der Waals surface area contributed by atoms with E-state index in [9.17, 15) is 18.0 Å². The molecular formula is C18H15BrF3N3O. The quantitative estimate of drug-likeness (QED) is 0.623. The van der Waals surface area contributed by atoms with Gasteiger partial charge in [0.1, 0.15) is 11.3 Å². The first-order valence-corrected chi connectivity index (χ1v) is 8.65. The van der Waals surface area contributed by atoms with Crippen molar-refractivity contribution in [3.8, 4) is 0 Å². The first-order chi connectivity index (χ1) is 12.2. The number of nitrogens with zero attached hydrogens (tertiary/aromatic N) is 2. The van der Waals surface area contributed by atoms with Crippen LogP contribution < -0.4 is 5.32 Å². The Balaban J connectivity index is 2.08. The maximum Gasteiger partial charge on any atom is 0.417 e. The lowest BCUT2D eigenvalue weighted by Crippen LogP contribution is -2.17. The van der Waals surface area contributed by atoms with Gasteiger partial charge in [-0.25, -0.2) is 4.98 Å². The van der Waals surface area contributed by atoms with E-state index in [0.717, 1.165) is 22.3 Å². The number of carbonyl (C=O) groups excluding carboxylic acids is 1. The molecule has 2 aromatic heterocycles. The van der Waals surface area contributed by atoms with Crippen LogP contribution in [0.2, 0.25) is 0 Å². The fourth-order valence-electron chi connectivity index (χ4n) is 2.70. The highest BCUT2D eigenvalue weighted by Crippen LogP contribution is 2.30. The van der Waals surface area contributed by atoms with Gasteiger partial charge in [0.2, 0.25) is 0 Å². The first-order valence-electron chi connectivity index (χ1n) is 7.86. The second-order valence-electron chi connectivity index (χ2n) is 5.82. The topological polar surface area (TPSA) is 46.4 Å². The summed E-state index contributed by atoms with van der Waals surface area (Å²) in [4.78, 5) is 17.1. The Morgan fingerprint density at radius 1 is 1.27 bits per heavy atom. The fourth-order valence-corrected chi connectivity index (χ4v) is 3.17. The summed E-state index contributed by atoms with van der Waals surface area (Å²) in [6, 6.07) is 7.57. The molecular weight excluding hydrogens is 411 g/mol. The maximum atomic E-state index is 13.0. The Labute approximate surface area is 156 Å². The van der Waals surface area contributed by atoms with Gasteiger partial charge >= 0.3 is 6.18 Å². The molecule has 1 amide bonds. The molecule has 8 heteroatoms. The third kappa shape index (κ3) is 3.46. The molecule has 0 aliphatic rings. The standard InChI is InChI=1S/C18H15BrF3N3O/c1-3-13-16(17(26)24-14-6-5-12(19)8-10(14)2)25-9-11(18(20,21)22)4-7-15(25)23-13/h4-9H,3H2,1-2H3,(H,24,26). The molecule has 136 valence electrons. The van der Waals surface area contributed by atoms with Gasteiger partial charge in [0.05, 0.1) is 11.3 Å². The second kappa shape index (κ2) is 6.75. The van der Waals surface area contributed by atoms with Crippen LogP contribution in [0.3, 0.4) is 0 Å². The molecule has 0 atom stereocenters. The van der Waals surface area contributed by atoms with Crippen LogP contribution in [0.15, 0.2) is 41.0 Å². The van der Waals surface area contributed by atoms with Crippen LogP contribution in [0, 0.1) is 6.92 Å². The van der Waals surface area contributed by atoms with Crippen molar-refractivity contribution in [3.63, 3.8) is 0 Å². The van der Waals surface area contributed by atoms with Gasteiger partial charge in [-0.15, -0.1) is 0 Å². The summed E-state index contributed by atoms with van der Waals surface area (Å²) in [5, 5.41) is 2.76. The largest absolute Gasteiger partial charge is 0.417 e. The van der Waals surface area contributed by atoms with Crippen LogP contribution in [0.25, 0.3) is 5.65 Å². The molecule has 0 aliphatic heterocycles. The molecule has 0 aliphatic carbocycles. The lowest BCUT2D eigenvalue weighted by molar-refractivity contribution is -0.137. The van der Waals surface area contributed by atoms with Gasteiger partial charge in [-0.1, -0.05) is 22.9 Å². The lowest BCUT2D eigenvalue weighted by atomic mass is 10.2. The molecule has 0 radical (unpaired) electrons. The number of fused-ring (bicyclic) bond motifs is 1. The van der Waals surface area contributed by atoms with Crippen molar-refractivity contribution in [1.82, 2.24) is 9.38 Å². The van der Waals surface area contributed by atoms with Crippen LogP contribution in [0.4, 0.5) is 18.9 Å². The molecule has 4 nitrogen and oxygen atoms in total. The van der Waals surface area contributed by atoms with E-state index >= 15 is 0 Å². The van der Waals surface area contributed by atoms with Gasteiger partial charge in [0, 0.05) is 16.4 Å². The van der Waals surface area contributed by atoms with Crippen molar-refractivity contribution in [3.05, 3.63) is 63.5 Å². The zero-order valence-corrected chi connectivity index (χ0v) is 15.6. The maximum absolute atomic E-state index is 13.0. The number of carbonyl (C=O) groups is 1. The Morgan fingerprint density at radius 3 is 2.62 bits per heavy atom. The molecule has 1 N–H and O–H groups in total. The zero-order chi connectivity index (χ0) is 19.1.